The van der Waals surface area contributed by atoms with E-state index >= 15 is 0 Å². The molecular weight excluding hydrogens is 280 g/mol. The molecule has 1 aromatic rings. The largest absolute Gasteiger partial charge is 0.508 e. The Hall–Kier alpha value is -1.75. The van der Waals surface area contributed by atoms with Gasteiger partial charge in [0.2, 0.25) is 0 Å². The van der Waals surface area contributed by atoms with Gasteiger partial charge in [-0.05, 0) is 57.7 Å². The number of phenols is 1. The summed E-state index contributed by atoms with van der Waals surface area (Å²) in [7, 11) is 0. The molecule has 22 heavy (non-hydrogen) atoms. The van der Waals surface area contributed by atoms with Gasteiger partial charge in [-0.2, -0.15) is 0 Å². The number of hydrogen-bond donors (Lipinski definition) is 2. The number of aromatic hydroxyl groups is 1. The highest BCUT2D eigenvalue weighted by Crippen LogP contribution is 2.38. The van der Waals surface area contributed by atoms with Crippen LogP contribution in [0.2, 0.25) is 0 Å². The molecular formula is C17H26N2O3. The third-order valence-corrected chi connectivity index (χ3v) is 4.09. The number of ether oxygens (including phenoxy) is 1. The van der Waals surface area contributed by atoms with Gasteiger partial charge in [0.1, 0.15) is 11.4 Å². The molecule has 0 radical (unpaired) electrons. The second-order valence-corrected chi connectivity index (χ2v) is 6.87. The van der Waals surface area contributed by atoms with Crippen LogP contribution in [0.25, 0.3) is 0 Å². The summed E-state index contributed by atoms with van der Waals surface area (Å²) in [6.45, 7) is 6.54. The Morgan fingerprint density at radius 3 is 2.50 bits per heavy atom. The minimum absolute atomic E-state index is 0.204. The summed E-state index contributed by atoms with van der Waals surface area (Å²) in [5, 5.41) is 9.50. The number of nitrogens with zero attached hydrogens (tertiary/aromatic N) is 1. The monoisotopic (exact) mass is 306 g/mol. The molecule has 122 valence electrons. The van der Waals surface area contributed by atoms with E-state index in [1.54, 1.807) is 17.0 Å². The summed E-state index contributed by atoms with van der Waals surface area (Å²) in [5.74, 6) is 0.204. The molecule has 0 bridgehead atoms. The van der Waals surface area contributed by atoms with E-state index in [2.05, 4.69) is 0 Å². The average molecular weight is 306 g/mol. The summed E-state index contributed by atoms with van der Waals surface area (Å²) >= 11 is 0. The SMILES string of the molecule is CC(C)(C)OC(=O)N1CCCCC1(CN)c1ccc(O)cc1. The Balaban J connectivity index is 2.36. The summed E-state index contributed by atoms with van der Waals surface area (Å²) < 4.78 is 5.56. The molecule has 1 heterocycles. The van der Waals surface area contributed by atoms with E-state index in [0.717, 1.165) is 24.8 Å². The van der Waals surface area contributed by atoms with Gasteiger partial charge in [-0.1, -0.05) is 12.1 Å². The highest BCUT2D eigenvalue weighted by Gasteiger charge is 2.43. The lowest BCUT2D eigenvalue weighted by molar-refractivity contribution is -0.0153. The Morgan fingerprint density at radius 2 is 1.95 bits per heavy atom. The van der Waals surface area contributed by atoms with Gasteiger partial charge in [-0.3, -0.25) is 4.90 Å². The Kier molecular flexibility index (Phi) is 4.66. The molecule has 1 fully saturated rings. The molecule has 1 aliphatic heterocycles. The molecule has 1 saturated heterocycles. The predicted octanol–water partition coefficient (Wildman–Crippen LogP) is 2.97. The van der Waals surface area contributed by atoms with Crippen molar-refractivity contribution in [3.8, 4) is 5.75 Å². The molecule has 0 spiro atoms. The zero-order chi connectivity index (χ0) is 16.4. The zero-order valence-corrected chi connectivity index (χ0v) is 13.6. The number of benzene rings is 1. The number of piperidine rings is 1. The molecule has 2 rings (SSSR count). The second-order valence-electron chi connectivity index (χ2n) is 6.87. The molecule has 1 amide bonds. The van der Waals surface area contributed by atoms with Crippen molar-refractivity contribution < 1.29 is 14.6 Å². The maximum absolute atomic E-state index is 12.6. The molecule has 5 nitrogen and oxygen atoms in total. The van der Waals surface area contributed by atoms with Crippen LogP contribution in [0.4, 0.5) is 4.79 Å². The van der Waals surface area contributed by atoms with E-state index in [9.17, 15) is 9.90 Å². The van der Waals surface area contributed by atoms with Crippen LogP contribution in [0.5, 0.6) is 5.75 Å². The fraction of sp³-hybridized carbons (Fsp3) is 0.588. The normalized spacial score (nSPS) is 22.5. The fourth-order valence-electron chi connectivity index (χ4n) is 3.02. The minimum Gasteiger partial charge on any atom is -0.508 e. The lowest BCUT2D eigenvalue weighted by Crippen LogP contribution is -2.57. The molecule has 0 saturated carbocycles. The first-order valence-electron chi connectivity index (χ1n) is 7.79. The van der Waals surface area contributed by atoms with Crippen molar-refractivity contribution in [1.82, 2.24) is 4.90 Å². The zero-order valence-electron chi connectivity index (χ0n) is 13.6. The van der Waals surface area contributed by atoms with Crippen molar-refractivity contribution in [2.24, 2.45) is 5.73 Å². The quantitative estimate of drug-likeness (QED) is 0.880. The fourth-order valence-corrected chi connectivity index (χ4v) is 3.02. The standard InChI is InChI=1S/C17H26N2O3/c1-16(2,3)22-15(21)19-11-5-4-10-17(19,12-18)13-6-8-14(20)9-7-13/h6-9,20H,4-5,10-12,18H2,1-3H3. The number of nitrogens with two attached hydrogens (primary N) is 1. The number of amides is 1. The van der Waals surface area contributed by atoms with Gasteiger partial charge in [0, 0.05) is 13.1 Å². The van der Waals surface area contributed by atoms with Gasteiger partial charge >= 0.3 is 6.09 Å². The summed E-state index contributed by atoms with van der Waals surface area (Å²) in [6.07, 6.45) is 2.43. The minimum atomic E-state index is -0.561. The topological polar surface area (TPSA) is 75.8 Å². The number of phenolic OH excluding ortho intramolecular Hbond substituents is 1. The number of carbonyl (C=O) groups excluding carboxylic acids is 1. The van der Waals surface area contributed by atoms with Crippen molar-refractivity contribution in [1.29, 1.82) is 0 Å². The van der Waals surface area contributed by atoms with Crippen LogP contribution in [0.15, 0.2) is 24.3 Å². The van der Waals surface area contributed by atoms with Crippen molar-refractivity contribution in [3.05, 3.63) is 29.8 Å². The first-order chi connectivity index (χ1) is 10.3. The average Bonchev–Trinajstić information content (AvgIpc) is 2.46. The van der Waals surface area contributed by atoms with E-state index in [4.69, 9.17) is 10.5 Å². The smallest absolute Gasteiger partial charge is 0.411 e. The van der Waals surface area contributed by atoms with E-state index in [1.165, 1.54) is 0 Å². The third-order valence-electron chi connectivity index (χ3n) is 4.09. The van der Waals surface area contributed by atoms with Crippen LogP contribution >= 0.6 is 0 Å². The van der Waals surface area contributed by atoms with Crippen LogP contribution in [-0.2, 0) is 10.3 Å². The Labute approximate surface area is 132 Å². The van der Waals surface area contributed by atoms with Crippen LogP contribution in [-0.4, -0.2) is 34.8 Å². The third kappa shape index (κ3) is 3.35. The highest BCUT2D eigenvalue weighted by atomic mass is 16.6. The van der Waals surface area contributed by atoms with Crippen molar-refractivity contribution >= 4 is 6.09 Å². The number of carbonyl (C=O) groups is 1. The van der Waals surface area contributed by atoms with Gasteiger partial charge in [0.25, 0.3) is 0 Å². The van der Waals surface area contributed by atoms with E-state index < -0.39 is 11.1 Å². The van der Waals surface area contributed by atoms with Crippen molar-refractivity contribution in [3.63, 3.8) is 0 Å². The second kappa shape index (κ2) is 6.16. The van der Waals surface area contributed by atoms with Gasteiger partial charge in [0.05, 0.1) is 5.54 Å². The lowest BCUT2D eigenvalue weighted by atomic mass is 9.80. The molecule has 1 atom stereocenters. The molecule has 1 aliphatic rings. The van der Waals surface area contributed by atoms with E-state index in [0.29, 0.717) is 13.1 Å². The number of hydrogen-bond acceptors (Lipinski definition) is 4. The molecule has 5 heteroatoms. The van der Waals surface area contributed by atoms with Gasteiger partial charge in [-0.25, -0.2) is 4.79 Å². The summed E-state index contributed by atoms with van der Waals surface area (Å²) in [4.78, 5) is 14.4. The number of rotatable bonds is 2. The van der Waals surface area contributed by atoms with E-state index in [-0.39, 0.29) is 11.8 Å². The predicted molar refractivity (Wildman–Crippen MR) is 85.6 cm³/mol. The van der Waals surface area contributed by atoms with Crippen molar-refractivity contribution in [2.75, 3.05) is 13.1 Å². The molecule has 0 aromatic heterocycles. The van der Waals surface area contributed by atoms with Crippen LogP contribution in [0.3, 0.4) is 0 Å². The van der Waals surface area contributed by atoms with Crippen LogP contribution in [0, 0.1) is 0 Å². The maximum Gasteiger partial charge on any atom is 0.411 e. The molecule has 3 N–H and O–H groups in total. The summed E-state index contributed by atoms with van der Waals surface area (Å²) in [6, 6.07) is 6.94. The Morgan fingerprint density at radius 1 is 1.32 bits per heavy atom. The molecule has 1 unspecified atom stereocenters. The van der Waals surface area contributed by atoms with Gasteiger partial charge in [0.15, 0.2) is 0 Å². The highest BCUT2D eigenvalue weighted by molar-refractivity contribution is 5.70. The number of likely N-dealkylation sites (tertiary alicyclic amines) is 1. The molecule has 0 aliphatic carbocycles. The van der Waals surface area contributed by atoms with Gasteiger partial charge in [-0.15, -0.1) is 0 Å². The Bertz CT molecular complexity index is 522. The van der Waals surface area contributed by atoms with Crippen molar-refractivity contribution in [2.45, 2.75) is 51.2 Å². The van der Waals surface area contributed by atoms with E-state index in [1.807, 2.05) is 32.9 Å². The lowest BCUT2D eigenvalue weighted by Gasteiger charge is -2.47. The van der Waals surface area contributed by atoms with Crippen LogP contribution < -0.4 is 5.73 Å². The maximum atomic E-state index is 12.6. The molecule has 1 aromatic carbocycles. The first kappa shape index (κ1) is 16.6. The van der Waals surface area contributed by atoms with Gasteiger partial charge < -0.3 is 15.6 Å². The van der Waals surface area contributed by atoms with Crippen LogP contribution in [0.1, 0.15) is 45.6 Å². The first-order valence-corrected chi connectivity index (χ1v) is 7.79. The summed E-state index contributed by atoms with van der Waals surface area (Å²) in [5.41, 5.74) is 5.93.